The van der Waals surface area contributed by atoms with Crippen LogP contribution in [-0.2, 0) is 4.84 Å². The maximum atomic E-state index is 11.5. The zero-order valence-corrected chi connectivity index (χ0v) is 18.1. The highest BCUT2D eigenvalue weighted by Crippen LogP contribution is 2.60. The number of aliphatic hydroxyl groups is 1. The highest BCUT2D eigenvalue weighted by molar-refractivity contribution is 5.62. The van der Waals surface area contributed by atoms with Gasteiger partial charge in [0.05, 0.1) is 5.60 Å². The van der Waals surface area contributed by atoms with Crippen molar-refractivity contribution in [2.45, 2.75) is 50.5 Å². The maximum Gasteiger partial charge on any atom is 0.129 e. The second-order valence-electron chi connectivity index (χ2n) is 9.13. The average Bonchev–Trinajstić information content (AvgIpc) is 2.96. The van der Waals surface area contributed by atoms with E-state index in [0.29, 0.717) is 25.7 Å². The summed E-state index contributed by atoms with van der Waals surface area (Å²) >= 11 is 0. The number of hydrogen-bond donors (Lipinski definition) is 2. The molecular weight excluding hydrogens is 366 g/mol. The molecule has 6 heteroatoms. The van der Waals surface area contributed by atoms with Crippen molar-refractivity contribution >= 4 is 6.21 Å². The van der Waals surface area contributed by atoms with Crippen molar-refractivity contribution in [3.8, 4) is 5.75 Å². The van der Waals surface area contributed by atoms with Gasteiger partial charge in [0.15, 0.2) is 0 Å². The lowest BCUT2D eigenvalue weighted by Crippen LogP contribution is -2.49. The quantitative estimate of drug-likeness (QED) is 0.376. The van der Waals surface area contributed by atoms with Crippen LogP contribution in [0.25, 0.3) is 0 Å². The van der Waals surface area contributed by atoms with E-state index in [-0.39, 0.29) is 11.3 Å². The van der Waals surface area contributed by atoms with Crippen LogP contribution in [0.5, 0.6) is 5.75 Å². The van der Waals surface area contributed by atoms with Gasteiger partial charge in [-0.1, -0.05) is 24.2 Å². The molecule has 29 heavy (non-hydrogen) atoms. The van der Waals surface area contributed by atoms with E-state index < -0.39 is 5.60 Å². The van der Waals surface area contributed by atoms with Crippen molar-refractivity contribution in [1.29, 1.82) is 0 Å². The monoisotopic (exact) mass is 403 g/mol. The predicted molar refractivity (Wildman–Crippen MR) is 116 cm³/mol. The van der Waals surface area contributed by atoms with E-state index >= 15 is 0 Å². The molecule has 0 bridgehead atoms. The molecule has 0 aliphatic heterocycles. The summed E-state index contributed by atoms with van der Waals surface area (Å²) in [6.45, 7) is 4.70. The number of oxime groups is 1. The Kier molecular flexibility index (Phi) is 7.19. The molecule has 2 aliphatic carbocycles. The van der Waals surface area contributed by atoms with Gasteiger partial charge < -0.3 is 25.3 Å². The van der Waals surface area contributed by atoms with Crippen molar-refractivity contribution in [3.05, 3.63) is 29.8 Å². The Morgan fingerprint density at radius 3 is 2.66 bits per heavy atom. The third-order valence-corrected chi connectivity index (χ3v) is 7.03. The number of fused-ring (bicyclic) bond motifs is 1. The highest BCUT2D eigenvalue weighted by atomic mass is 16.6. The van der Waals surface area contributed by atoms with Gasteiger partial charge in [0, 0.05) is 30.6 Å². The van der Waals surface area contributed by atoms with Crippen LogP contribution in [0.15, 0.2) is 29.4 Å². The maximum absolute atomic E-state index is 11.5. The van der Waals surface area contributed by atoms with Crippen LogP contribution >= 0.6 is 0 Å². The van der Waals surface area contributed by atoms with E-state index in [1.165, 1.54) is 5.56 Å². The van der Waals surface area contributed by atoms with Gasteiger partial charge >= 0.3 is 0 Å². The summed E-state index contributed by atoms with van der Waals surface area (Å²) in [5.41, 5.74) is 5.94. The molecule has 1 aromatic rings. The normalized spacial score (nSPS) is 31.9. The summed E-state index contributed by atoms with van der Waals surface area (Å²) < 4.78 is 5.81. The first-order valence-corrected chi connectivity index (χ1v) is 10.8. The molecule has 0 aromatic heterocycles. The number of nitrogens with two attached hydrogens (primary N) is 1. The Hall–Kier alpha value is -1.63. The van der Waals surface area contributed by atoms with Gasteiger partial charge in [-0.15, -0.1) is 0 Å². The lowest BCUT2D eigenvalue weighted by atomic mass is 9.59. The van der Waals surface area contributed by atoms with Gasteiger partial charge in [-0.2, -0.15) is 0 Å². The van der Waals surface area contributed by atoms with Crippen molar-refractivity contribution in [2.24, 2.45) is 22.2 Å². The first kappa shape index (κ1) is 22.1. The molecule has 0 radical (unpaired) electrons. The van der Waals surface area contributed by atoms with Crippen molar-refractivity contribution in [2.75, 3.05) is 40.4 Å². The minimum absolute atomic E-state index is 0.145. The lowest BCUT2D eigenvalue weighted by molar-refractivity contribution is -0.0959. The Bertz CT molecular complexity index is 678. The molecule has 3 rings (SSSR count). The minimum Gasteiger partial charge on any atom is -0.492 e. The molecule has 162 valence electrons. The zero-order chi connectivity index (χ0) is 20.9. The lowest BCUT2D eigenvalue weighted by Gasteiger charge is -2.48. The Balaban J connectivity index is 1.61. The SMILES string of the molecule is CN(C)CCOc1ccc([C@H]2CC[C@]3(C)[C@@H](C=NOCCN)CC[C@]3(O)C2)cc1. The fourth-order valence-electron chi connectivity index (χ4n) is 5.01. The number of nitrogens with zero attached hydrogens (tertiary/aromatic N) is 2. The van der Waals surface area contributed by atoms with Gasteiger partial charge in [-0.3, -0.25) is 0 Å². The van der Waals surface area contributed by atoms with Crippen molar-refractivity contribution in [1.82, 2.24) is 4.90 Å². The first-order valence-electron chi connectivity index (χ1n) is 10.8. The van der Waals surface area contributed by atoms with Crippen LogP contribution in [-0.4, -0.2) is 62.2 Å². The second-order valence-corrected chi connectivity index (χ2v) is 9.13. The van der Waals surface area contributed by atoms with Crippen molar-refractivity contribution < 1.29 is 14.7 Å². The van der Waals surface area contributed by atoms with Crippen LogP contribution in [0.2, 0.25) is 0 Å². The number of rotatable bonds is 9. The summed E-state index contributed by atoms with van der Waals surface area (Å²) in [5.74, 6) is 1.54. The van der Waals surface area contributed by atoms with Crippen molar-refractivity contribution in [3.63, 3.8) is 0 Å². The fraction of sp³-hybridized carbons (Fsp3) is 0.696. The molecule has 0 saturated heterocycles. The molecule has 0 unspecified atom stereocenters. The van der Waals surface area contributed by atoms with Gasteiger partial charge in [-0.05, 0) is 69.8 Å². The molecule has 0 spiro atoms. The van der Waals surface area contributed by atoms with Crippen LogP contribution in [0, 0.1) is 11.3 Å². The van der Waals surface area contributed by atoms with Crippen LogP contribution in [0.4, 0.5) is 0 Å². The molecule has 2 saturated carbocycles. The molecule has 2 fully saturated rings. The van der Waals surface area contributed by atoms with Crippen LogP contribution in [0.1, 0.15) is 50.5 Å². The molecule has 6 nitrogen and oxygen atoms in total. The minimum atomic E-state index is -0.651. The van der Waals surface area contributed by atoms with E-state index in [2.05, 4.69) is 41.2 Å². The summed E-state index contributed by atoms with van der Waals surface area (Å²) in [7, 11) is 4.08. The second kappa shape index (κ2) is 9.45. The number of benzene rings is 1. The molecule has 4 atom stereocenters. The first-order chi connectivity index (χ1) is 13.9. The molecule has 0 amide bonds. The molecule has 0 heterocycles. The van der Waals surface area contributed by atoms with Gasteiger partial charge in [0.1, 0.15) is 19.0 Å². The highest BCUT2D eigenvalue weighted by Gasteiger charge is 2.58. The molecule has 3 N–H and O–H groups in total. The summed E-state index contributed by atoms with van der Waals surface area (Å²) in [4.78, 5) is 7.30. The Morgan fingerprint density at radius 2 is 1.97 bits per heavy atom. The number of likely N-dealkylation sites (N-methyl/N-ethyl adjacent to an activating group) is 1. The Morgan fingerprint density at radius 1 is 1.21 bits per heavy atom. The molecular formula is C23H37N3O3. The van der Waals surface area contributed by atoms with E-state index in [4.69, 9.17) is 15.3 Å². The molecule has 1 aromatic carbocycles. The fourth-order valence-corrected chi connectivity index (χ4v) is 5.01. The summed E-state index contributed by atoms with van der Waals surface area (Å²) in [5, 5.41) is 15.6. The van der Waals surface area contributed by atoms with E-state index in [9.17, 15) is 5.11 Å². The van der Waals surface area contributed by atoms with Gasteiger partial charge in [-0.25, -0.2) is 0 Å². The van der Waals surface area contributed by atoms with E-state index in [1.807, 2.05) is 20.3 Å². The number of ether oxygens (including phenoxy) is 1. The van der Waals surface area contributed by atoms with Gasteiger partial charge in [0.25, 0.3) is 0 Å². The third kappa shape index (κ3) is 4.93. The largest absolute Gasteiger partial charge is 0.492 e. The van der Waals surface area contributed by atoms with E-state index in [1.54, 1.807) is 0 Å². The summed E-state index contributed by atoms with van der Waals surface area (Å²) in [6, 6.07) is 8.44. The number of hydrogen-bond acceptors (Lipinski definition) is 6. The Labute approximate surface area is 175 Å². The standard InChI is InChI=1S/C23H37N3O3/c1-22-10-8-19(18-4-6-21(7-5-18)28-15-13-26(2)3)16-23(22,27)11-9-20(22)17-25-29-14-12-24/h4-7,17,19-20,27H,8-16,24H2,1-3H3/t19-,20+,22+,23-/m0/s1. The predicted octanol–water partition coefficient (Wildman–Crippen LogP) is 3.00. The summed E-state index contributed by atoms with van der Waals surface area (Å²) in [6.07, 6.45) is 6.54. The average molecular weight is 404 g/mol. The van der Waals surface area contributed by atoms with Crippen LogP contribution < -0.4 is 10.5 Å². The van der Waals surface area contributed by atoms with E-state index in [0.717, 1.165) is 44.4 Å². The zero-order valence-electron chi connectivity index (χ0n) is 18.1. The third-order valence-electron chi connectivity index (χ3n) is 7.03. The smallest absolute Gasteiger partial charge is 0.129 e. The topological polar surface area (TPSA) is 80.3 Å². The van der Waals surface area contributed by atoms with Crippen LogP contribution in [0.3, 0.4) is 0 Å². The molecule has 2 aliphatic rings. The van der Waals surface area contributed by atoms with Gasteiger partial charge in [0.2, 0.25) is 0 Å².